The van der Waals surface area contributed by atoms with Crippen LogP contribution >= 0.6 is 0 Å². The normalized spacial score (nSPS) is 12.3. The molecule has 0 rings (SSSR count). The van der Waals surface area contributed by atoms with E-state index in [1.165, 1.54) is 6.26 Å². The van der Waals surface area contributed by atoms with E-state index in [-0.39, 0.29) is 5.75 Å². The highest BCUT2D eigenvalue weighted by atomic mass is 32.2. The molecule has 0 atom stereocenters. The summed E-state index contributed by atoms with van der Waals surface area (Å²) < 4.78 is 21.8. The molecule has 0 unspecified atom stereocenters. The molecule has 86 valence electrons. The second-order valence-corrected chi connectivity index (χ2v) is 6.12. The van der Waals surface area contributed by atoms with Gasteiger partial charge in [-0.05, 0) is 12.8 Å². The smallest absolute Gasteiger partial charge is 0.148 e. The van der Waals surface area contributed by atoms with E-state index in [4.69, 9.17) is 0 Å². The number of hydrogen-bond acceptors (Lipinski definition) is 3. The molecule has 0 aromatic carbocycles. The Morgan fingerprint density at radius 1 is 1.14 bits per heavy atom. The molecule has 0 saturated heterocycles. The van der Waals surface area contributed by atoms with Gasteiger partial charge in [0.05, 0.1) is 5.75 Å². The first-order valence-corrected chi connectivity index (χ1v) is 7.46. The average molecular weight is 221 g/mol. The standard InChI is InChI=1S/C10H23NO2S/c1-4-6-10(7-5-2)11-8-9-14(3,12)13/h10-11H,4-9H2,1-3H3. The molecule has 0 saturated carbocycles. The third kappa shape index (κ3) is 8.51. The van der Waals surface area contributed by atoms with E-state index < -0.39 is 9.84 Å². The third-order valence-corrected chi connectivity index (χ3v) is 3.13. The van der Waals surface area contributed by atoms with Gasteiger partial charge in [0, 0.05) is 18.8 Å². The van der Waals surface area contributed by atoms with Crippen LogP contribution < -0.4 is 5.32 Å². The summed E-state index contributed by atoms with van der Waals surface area (Å²) in [6.07, 6.45) is 5.85. The van der Waals surface area contributed by atoms with Crippen LogP contribution in [0.5, 0.6) is 0 Å². The van der Waals surface area contributed by atoms with Crippen LogP contribution in [0.3, 0.4) is 0 Å². The molecular formula is C10H23NO2S. The van der Waals surface area contributed by atoms with Crippen molar-refractivity contribution in [2.75, 3.05) is 18.6 Å². The van der Waals surface area contributed by atoms with Crippen molar-refractivity contribution in [1.82, 2.24) is 5.32 Å². The van der Waals surface area contributed by atoms with E-state index in [2.05, 4.69) is 19.2 Å². The van der Waals surface area contributed by atoms with Crippen molar-refractivity contribution in [3.05, 3.63) is 0 Å². The van der Waals surface area contributed by atoms with Gasteiger partial charge in [0.1, 0.15) is 9.84 Å². The maximum absolute atomic E-state index is 10.9. The lowest BCUT2D eigenvalue weighted by Gasteiger charge is -2.16. The van der Waals surface area contributed by atoms with Crippen LogP contribution in [-0.2, 0) is 9.84 Å². The lowest BCUT2D eigenvalue weighted by atomic mass is 10.1. The van der Waals surface area contributed by atoms with Gasteiger partial charge in [-0.3, -0.25) is 0 Å². The average Bonchev–Trinajstić information content (AvgIpc) is 2.02. The zero-order valence-corrected chi connectivity index (χ0v) is 10.4. The topological polar surface area (TPSA) is 46.2 Å². The van der Waals surface area contributed by atoms with Crippen molar-refractivity contribution in [2.45, 2.75) is 45.6 Å². The predicted molar refractivity (Wildman–Crippen MR) is 61.3 cm³/mol. The Morgan fingerprint density at radius 3 is 2.00 bits per heavy atom. The molecule has 4 heteroatoms. The second kappa shape index (κ2) is 7.23. The summed E-state index contributed by atoms with van der Waals surface area (Å²) in [4.78, 5) is 0. The minimum Gasteiger partial charge on any atom is -0.313 e. The van der Waals surface area contributed by atoms with Gasteiger partial charge in [-0.2, -0.15) is 0 Å². The van der Waals surface area contributed by atoms with Crippen LogP contribution in [0.1, 0.15) is 39.5 Å². The summed E-state index contributed by atoms with van der Waals surface area (Å²) in [5.41, 5.74) is 0. The Labute approximate surface area is 88.2 Å². The Kier molecular flexibility index (Phi) is 7.19. The number of hydrogen-bond donors (Lipinski definition) is 1. The van der Waals surface area contributed by atoms with E-state index in [0.29, 0.717) is 12.6 Å². The van der Waals surface area contributed by atoms with Crippen LogP contribution in [0.25, 0.3) is 0 Å². The fourth-order valence-electron chi connectivity index (χ4n) is 1.49. The van der Waals surface area contributed by atoms with Crippen molar-refractivity contribution in [3.63, 3.8) is 0 Å². The second-order valence-electron chi connectivity index (χ2n) is 3.86. The summed E-state index contributed by atoms with van der Waals surface area (Å²) in [7, 11) is -2.81. The van der Waals surface area contributed by atoms with Crippen LogP contribution in [0.4, 0.5) is 0 Å². The molecule has 14 heavy (non-hydrogen) atoms. The molecule has 0 aliphatic carbocycles. The SMILES string of the molecule is CCCC(CCC)NCCS(C)(=O)=O. The first-order chi connectivity index (χ1) is 6.49. The van der Waals surface area contributed by atoms with Crippen LogP contribution in [0, 0.1) is 0 Å². The largest absolute Gasteiger partial charge is 0.313 e. The number of rotatable bonds is 8. The van der Waals surface area contributed by atoms with E-state index in [1.807, 2.05) is 0 Å². The Balaban J connectivity index is 3.70. The lowest BCUT2D eigenvalue weighted by molar-refractivity contribution is 0.455. The third-order valence-electron chi connectivity index (χ3n) is 2.18. The summed E-state index contributed by atoms with van der Waals surface area (Å²) >= 11 is 0. The molecule has 0 heterocycles. The predicted octanol–water partition coefficient (Wildman–Crippen LogP) is 1.59. The molecule has 0 aliphatic heterocycles. The minimum atomic E-state index is -2.81. The Morgan fingerprint density at radius 2 is 1.64 bits per heavy atom. The first kappa shape index (κ1) is 13.9. The van der Waals surface area contributed by atoms with E-state index >= 15 is 0 Å². The molecule has 1 N–H and O–H groups in total. The van der Waals surface area contributed by atoms with Gasteiger partial charge < -0.3 is 5.32 Å². The van der Waals surface area contributed by atoms with Crippen molar-refractivity contribution in [3.8, 4) is 0 Å². The minimum absolute atomic E-state index is 0.247. The Bertz CT molecular complexity index is 218. The molecule has 0 spiro atoms. The van der Waals surface area contributed by atoms with Crippen molar-refractivity contribution >= 4 is 9.84 Å². The summed E-state index contributed by atoms with van der Waals surface area (Å²) in [6.45, 7) is 4.89. The zero-order chi connectivity index (χ0) is 11.0. The van der Waals surface area contributed by atoms with Gasteiger partial charge in [0.2, 0.25) is 0 Å². The maximum Gasteiger partial charge on any atom is 0.148 e. The lowest BCUT2D eigenvalue weighted by Crippen LogP contribution is -2.32. The Hall–Kier alpha value is -0.0900. The molecular weight excluding hydrogens is 198 g/mol. The summed E-state index contributed by atoms with van der Waals surface area (Å²) in [5.74, 6) is 0.247. The molecule has 0 amide bonds. The molecule has 0 fully saturated rings. The molecule has 0 aliphatic rings. The van der Waals surface area contributed by atoms with Gasteiger partial charge in [-0.1, -0.05) is 26.7 Å². The zero-order valence-electron chi connectivity index (χ0n) is 9.54. The molecule has 0 aromatic rings. The van der Waals surface area contributed by atoms with E-state index in [1.54, 1.807) is 0 Å². The molecule has 0 bridgehead atoms. The quantitative estimate of drug-likeness (QED) is 0.677. The molecule has 3 nitrogen and oxygen atoms in total. The van der Waals surface area contributed by atoms with Gasteiger partial charge in [-0.15, -0.1) is 0 Å². The van der Waals surface area contributed by atoms with Crippen LogP contribution in [0.2, 0.25) is 0 Å². The maximum atomic E-state index is 10.9. The van der Waals surface area contributed by atoms with Crippen molar-refractivity contribution in [2.24, 2.45) is 0 Å². The fraction of sp³-hybridized carbons (Fsp3) is 1.00. The van der Waals surface area contributed by atoms with Crippen molar-refractivity contribution in [1.29, 1.82) is 0 Å². The molecule has 0 aromatic heterocycles. The number of nitrogens with one attached hydrogen (secondary N) is 1. The first-order valence-electron chi connectivity index (χ1n) is 5.40. The molecule has 0 radical (unpaired) electrons. The van der Waals surface area contributed by atoms with Gasteiger partial charge in [-0.25, -0.2) is 8.42 Å². The highest BCUT2D eigenvalue weighted by Gasteiger charge is 2.07. The van der Waals surface area contributed by atoms with E-state index in [0.717, 1.165) is 25.7 Å². The number of sulfone groups is 1. The van der Waals surface area contributed by atoms with Crippen molar-refractivity contribution < 1.29 is 8.42 Å². The van der Waals surface area contributed by atoms with Crippen LogP contribution in [0.15, 0.2) is 0 Å². The summed E-state index contributed by atoms with van der Waals surface area (Å²) in [5, 5.41) is 3.30. The van der Waals surface area contributed by atoms with Gasteiger partial charge in [0.15, 0.2) is 0 Å². The van der Waals surface area contributed by atoms with Crippen LogP contribution in [-0.4, -0.2) is 33.0 Å². The van der Waals surface area contributed by atoms with Gasteiger partial charge >= 0.3 is 0 Å². The van der Waals surface area contributed by atoms with E-state index in [9.17, 15) is 8.42 Å². The van der Waals surface area contributed by atoms with Gasteiger partial charge in [0.25, 0.3) is 0 Å². The fourth-order valence-corrected chi connectivity index (χ4v) is 1.98. The monoisotopic (exact) mass is 221 g/mol. The highest BCUT2D eigenvalue weighted by molar-refractivity contribution is 7.90. The summed E-state index contributed by atoms with van der Waals surface area (Å²) in [6, 6.07) is 0.492. The highest BCUT2D eigenvalue weighted by Crippen LogP contribution is 2.03.